The first-order valence-corrected chi connectivity index (χ1v) is 11.6. The molecule has 2 fully saturated rings. The minimum absolute atomic E-state index is 0.0650. The Bertz CT molecular complexity index is 1100. The molecule has 0 radical (unpaired) electrons. The number of carbonyl (C=O) groups excluding carboxylic acids is 1. The van der Waals surface area contributed by atoms with E-state index in [1.165, 1.54) is 16.7 Å². The van der Waals surface area contributed by atoms with Crippen molar-refractivity contribution in [1.29, 1.82) is 0 Å². The van der Waals surface area contributed by atoms with E-state index in [0.29, 0.717) is 26.2 Å². The molecule has 5 rings (SSSR count). The van der Waals surface area contributed by atoms with Crippen molar-refractivity contribution in [3.8, 4) is 0 Å². The number of ether oxygens (including phenoxy) is 1. The van der Waals surface area contributed by atoms with E-state index in [0.717, 1.165) is 24.2 Å². The van der Waals surface area contributed by atoms with Gasteiger partial charge in [0.15, 0.2) is 5.60 Å². The van der Waals surface area contributed by atoms with Gasteiger partial charge in [0.25, 0.3) is 5.91 Å². The summed E-state index contributed by atoms with van der Waals surface area (Å²) in [6.45, 7) is 8.09. The standard InChI is InChI=1S/C27H30N4O2/c1-20-12-21(2)14-23(13-20)16-30-18-25(24-4-3-7-29-15-24)27(19-30)26(32)31(10-11-33-27)17-22-5-8-28-9-6-22/h3-9,12-15,25H,10-11,16-19H2,1-2H3. The van der Waals surface area contributed by atoms with E-state index in [-0.39, 0.29) is 11.8 Å². The van der Waals surface area contributed by atoms with Crippen molar-refractivity contribution in [3.63, 3.8) is 0 Å². The van der Waals surface area contributed by atoms with Gasteiger partial charge in [0.2, 0.25) is 0 Å². The monoisotopic (exact) mass is 442 g/mol. The summed E-state index contributed by atoms with van der Waals surface area (Å²) in [5.41, 5.74) is 5.03. The van der Waals surface area contributed by atoms with Gasteiger partial charge in [-0.15, -0.1) is 0 Å². The molecule has 0 N–H and O–H groups in total. The van der Waals surface area contributed by atoms with E-state index in [1.807, 2.05) is 29.3 Å². The van der Waals surface area contributed by atoms with Gasteiger partial charge in [-0.05, 0) is 48.7 Å². The molecular weight excluding hydrogens is 412 g/mol. The number of aryl methyl sites for hydroxylation is 2. The summed E-state index contributed by atoms with van der Waals surface area (Å²) in [4.78, 5) is 26.7. The Hall–Kier alpha value is -3.09. The van der Waals surface area contributed by atoms with Gasteiger partial charge in [-0.1, -0.05) is 35.4 Å². The summed E-state index contributed by atoms with van der Waals surface area (Å²) in [5, 5.41) is 0. The molecule has 2 aromatic heterocycles. The van der Waals surface area contributed by atoms with Crippen LogP contribution < -0.4 is 0 Å². The third kappa shape index (κ3) is 4.41. The minimum Gasteiger partial charge on any atom is -0.361 e. The Balaban J connectivity index is 1.45. The van der Waals surface area contributed by atoms with Crippen LogP contribution in [0.25, 0.3) is 0 Å². The highest BCUT2D eigenvalue weighted by Gasteiger charge is 2.56. The fraction of sp³-hybridized carbons (Fsp3) is 0.370. The zero-order valence-corrected chi connectivity index (χ0v) is 19.3. The first kappa shape index (κ1) is 21.7. The molecule has 1 amide bonds. The lowest BCUT2D eigenvalue weighted by atomic mass is 9.83. The number of likely N-dealkylation sites (tertiary alicyclic amines) is 1. The van der Waals surface area contributed by atoms with Gasteiger partial charge < -0.3 is 9.64 Å². The number of amides is 1. The maximum Gasteiger partial charge on any atom is 0.257 e. The van der Waals surface area contributed by atoms with Crippen molar-refractivity contribution in [1.82, 2.24) is 19.8 Å². The lowest BCUT2D eigenvalue weighted by Crippen LogP contribution is -2.59. The smallest absolute Gasteiger partial charge is 0.257 e. The number of nitrogens with zero attached hydrogens (tertiary/aromatic N) is 4. The maximum atomic E-state index is 14.0. The number of pyridine rings is 2. The SMILES string of the molecule is Cc1cc(C)cc(CN2CC(c3cccnc3)C3(C2)OCCN(Cc2ccncc2)C3=O)c1. The number of aromatic nitrogens is 2. The van der Waals surface area contributed by atoms with Crippen LogP contribution in [-0.4, -0.2) is 57.5 Å². The van der Waals surface area contributed by atoms with Crippen LogP contribution >= 0.6 is 0 Å². The molecule has 0 aliphatic carbocycles. The van der Waals surface area contributed by atoms with Gasteiger partial charge >= 0.3 is 0 Å². The highest BCUT2D eigenvalue weighted by atomic mass is 16.5. The zero-order chi connectivity index (χ0) is 22.8. The third-order valence-corrected chi connectivity index (χ3v) is 6.73. The third-order valence-electron chi connectivity index (χ3n) is 6.73. The molecule has 2 saturated heterocycles. The van der Waals surface area contributed by atoms with Gasteiger partial charge in [0, 0.05) is 63.4 Å². The van der Waals surface area contributed by atoms with Gasteiger partial charge in [0.1, 0.15) is 0 Å². The second-order valence-corrected chi connectivity index (χ2v) is 9.32. The quantitative estimate of drug-likeness (QED) is 0.605. The van der Waals surface area contributed by atoms with E-state index in [2.05, 4.69) is 53.0 Å². The first-order valence-electron chi connectivity index (χ1n) is 11.6. The van der Waals surface area contributed by atoms with Crippen LogP contribution in [0.5, 0.6) is 0 Å². The van der Waals surface area contributed by atoms with Gasteiger partial charge in [0.05, 0.1) is 6.61 Å². The summed E-state index contributed by atoms with van der Waals surface area (Å²) in [7, 11) is 0. The second-order valence-electron chi connectivity index (χ2n) is 9.32. The van der Waals surface area contributed by atoms with E-state index in [9.17, 15) is 4.79 Å². The molecule has 2 aliphatic heterocycles. The van der Waals surface area contributed by atoms with Crippen molar-refractivity contribution < 1.29 is 9.53 Å². The first-order chi connectivity index (χ1) is 16.0. The van der Waals surface area contributed by atoms with Crippen molar-refractivity contribution in [2.24, 2.45) is 0 Å². The van der Waals surface area contributed by atoms with Crippen LogP contribution in [0.1, 0.15) is 33.7 Å². The summed E-state index contributed by atoms with van der Waals surface area (Å²) in [5.74, 6) is 0.00665. The van der Waals surface area contributed by atoms with Crippen LogP contribution in [0, 0.1) is 13.8 Å². The van der Waals surface area contributed by atoms with Gasteiger partial charge in [-0.25, -0.2) is 0 Å². The number of morpholine rings is 1. The number of hydrogen-bond acceptors (Lipinski definition) is 5. The lowest BCUT2D eigenvalue weighted by Gasteiger charge is -2.42. The molecule has 6 nitrogen and oxygen atoms in total. The molecule has 6 heteroatoms. The van der Waals surface area contributed by atoms with E-state index < -0.39 is 5.60 Å². The summed E-state index contributed by atoms with van der Waals surface area (Å²) in [6, 6.07) is 14.6. The van der Waals surface area contributed by atoms with Crippen molar-refractivity contribution in [2.75, 3.05) is 26.2 Å². The molecule has 170 valence electrons. The minimum atomic E-state index is -0.896. The number of hydrogen-bond donors (Lipinski definition) is 0. The molecule has 2 aliphatic rings. The van der Waals surface area contributed by atoms with Crippen molar-refractivity contribution >= 4 is 5.91 Å². The lowest BCUT2D eigenvalue weighted by molar-refractivity contribution is -0.173. The maximum absolute atomic E-state index is 14.0. The number of rotatable bonds is 5. The largest absolute Gasteiger partial charge is 0.361 e. The molecule has 2 unspecified atom stereocenters. The predicted molar refractivity (Wildman–Crippen MR) is 127 cm³/mol. The Kier molecular flexibility index (Phi) is 5.96. The summed E-state index contributed by atoms with van der Waals surface area (Å²) in [6.07, 6.45) is 7.20. The number of benzene rings is 1. The Morgan fingerprint density at radius 1 is 1.00 bits per heavy atom. The molecule has 4 heterocycles. The fourth-order valence-corrected chi connectivity index (χ4v) is 5.40. The number of carbonyl (C=O) groups is 1. The van der Waals surface area contributed by atoms with E-state index in [4.69, 9.17) is 4.74 Å². The van der Waals surface area contributed by atoms with Crippen molar-refractivity contribution in [2.45, 2.75) is 38.5 Å². The molecule has 0 bridgehead atoms. The molecule has 1 spiro atoms. The topological polar surface area (TPSA) is 58.6 Å². The van der Waals surface area contributed by atoms with E-state index >= 15 is 0 Å². The molecule has 2 atom stereocenters. The molecule has 0 saturated carbocycles. The molecule has 3 aromatic rings. The fourth-order valence-electron chi connectivity index (χ4n) is 5.40. The Morgan fingerprint density at radius 3 is 2.52 bits per heavy atom. The Morgan fingerprint density at radius 2 is 1.79 bits per heavy atom. The van der Waals surface area contributed by atoms with Crippen LogP contribution in [0.4, 0.5) is 0 Å². The van der Waals surface area contributed by atoms with Gasteiger partial charge in [-0.2, -0.15) is 0 Å². The van der Waals surface area contributed by atoms with Crippen molar-refractivity contribution in [3.05, 3.63) is 95.1 Å². The predicted octanol–water partition coefficient (Wildman–Crippen LogP) is 3.49. The normalized spacial score (nSPS) is 23.4. The van der Waals surface area contributed by atoms with Crippen LogP contribution in [-0.2, 0) is 22.6 Å². The summed E-state index contributed by atoms with van der Waals surface area (Å²) < 4.78 is 6.42. The zero-order valence-electron chi connectivity index (χ0n) is 19.3. The molecular formula is C27H30N4O2. The second kappa shape index (κ2) is 9.04. The molecule has 1 aromatic carbocycles. The highest BCUT2D eigenvalue weighted by molar-refractivity contribution is 5.88. The van der Waals surface area contributed by atoms with Crippen LogP contribution in [0.3, 0.4) is 0 Å². The molecule has 33 heavy (non-hydrogen) atoms. The Labute approximate surface area is 195 Å². The highest BCUT2D eigenvalue weighted by Crippen LogP contribution is 2.42. The van der Waals surface area contributed by atoms with E-state index in [1.54, 1.807) is 18.6 Å². The average molecular weight is 443 g/mol. The average Bonchev–Trinajstić information content (AvgIpc) is 3.16. The summed E-state index contributed by atoms with van der Waals surface area (Å²) >= 11 is 0. The van der Waals surface area contributed by atoms with Gasteiger partial charge in [-0.3, -0.25) is 19.7 Å². The van der Waals surface area contributed by atoms with Crippen LogP contribution in [0.2, 0.25) is 0 Å². The van der Waals surface area contributed by atoms with Crippen LogP contribution in [0.15, 0.2) is 67.3 Å².